The number of morpholine rings is 1. The molecular formula is C22H26N4O. The summed E-state index contributed by atoms with van der Waals surface area (Å²) >= 11 is 0. The van der Waals surface area contributed by atoms with Crippen LogP contribution < -0.4 is 10.2 Å². The van der Waals surface area contributed by atoms with Gasteiger partial charge in [0.25, 0.3) is 0 Å². The van der Waals surface area contributed by atoms with Gasteiger partial charge in [-0.25, -0.2) is 4.98 Å². The third-order valence-electron chi connectivity index (χ3n) is 4.87. The van der Waals surface area contributed by atoms with Crippen LogP contribution in [0.1, 0.15) is 25.0 Å². The predicted octanol–water partition coefficient (Wildman–Crippen LogP) is 4.16. The van der Waals surface area contributed by atoms with Gasteiger partial charge in [0.05, 0.1) is 17.7 Å². The molecule has 0 saturated carbocycles. The van der Waals surface area contributed by atoms with Gasteiger partial charge in [0.15, 0.2) is 0 Å². The number of para-hydroxylation sites is 1. The van der Waals surface area contributed by atoms with E-state index in [0.29, 0.717) is 0 Å². The van der Waals surface area contributed by atoms with Gasteiger partial charge in [0.2, 0.25) is 5.95 Å². The summed E-state index contributed by atoms with van der Waals surface area (Å²) in [5.41, 5.74) is 3.46. The number of ether oxygens (including phenoxy) is 1. The van der Waals surface area contributed by atoms with Crippen molar-refractivity contribution in [1.29, 1.82) is 0 Å². The van der Waals surface area contributed by atoms with Crippen molar-refractivity contribution >= 4 is 22.7 Å². The Hall–Kier alpha value is -2.66. The van der Waals surface area contributed by atoms with E-state index in [1.807, 2.05) is 18.2 Å². The van der Waals surface area contributed by atoms with Crippen LogP contribution in [0.25, 0.3) is 10.9 Å². The summed E-state index contributed by atoms with van der Waals surface area (Å²) in [5, 5.41) is 4.56. The topological polar surface area (TPSA) is 50.3 Å². The first-order valence-electron chi connectivity index (χ1n) is 9.55. The summed E-state index contributed by atoms with van der Waals surface area (Å²) in [5.74, 6) is 1.64. The number of aryl methyl sites for hydroxylation is 1. The first-order valence-corrected chi connectivity index (χ1v) is 9.55. The Morgan fingerprint density at radius 2 is 1.70 bits per heavy atom. The fourth-order valence-corrected chi connectivity index (χ4v) is 3.57. The second-order valence-electron chi connectivity index (χ2n) is 7.39. The van der Waals surface area contributed by atoms with Crippen LogP contribution in [0.3, 0.4) is 0 Å². The van der Waals surface area contributed by atoms with E-state index in [2.05, 4.69) is 61.3 Å². The Kier molecular flexibility index (Phi) is 4.94. The normalized spacial score (nSPS) is 20.0. The van der Waals surface area contributed by atoms with Crippen molar-refractivity contribution in [3.8, 4) is 0 Å². The lowest BCUT2D eigenvalue weighted by molar-refractivity contribution is -0.00569. The molecule has 2 atom stereocenters. The minimum absolute atomic E-state index is 0.174. The van der Waals surface area contributed by atoms with E-state index in [9.17, 15) is 0 Å². The molecule has 2 unspecified atom stereocenters. The number of anilines is 2. The van der Waals surface area contributed by atoms with Gasteiger partial charge in [-0.05, 0) is 38.5 Å². The molecule has 1 N–H and O–H groups in total. The summed E-state index contributed by atoms with van der Waals surface area (Å²) in [7, 11) is 0. The van der Waals surface area contributed by atoms with Gasteiger partial charge in [0.1, 0.15) is 5.82 Å². The predicted molar refractivity (Wildman–Crippen MR) is 110 cm³/mol. The highest BCUT2D eigenvalue weighted by Gasteiger charge is 2.24. The molecule has 1 aliphatic rings. The molecule has 2 heterocycles. The Morgan fingerprint density at radius 3 is 2.44 bits per heavy atom. The van der Waals surface area contributed by atoms with Crippen molar-refractivity contribution in [3.63, 3.8) is 0 Å². The Balaban J connectivity index is 1.65. The molecule has 5 nitrogen and oxygen atoms in total. The van der Waals surface area contributed by atoms with Crippen LogP contribution in [0.15, 0.2) is 48.5 Å². The van der Waals surface area contributed by atoms with Crippen LogP contribution in [0.4, 0.5) is 11.8 Å². The molecule has 27 heavy (non-hydrogen) atoms. The molecule has 1 fully saturated rings. The van der Waals surface area contributed by atoms with Gasteiger partial charge in [-0.15, -0.1) is 0 Å². The molecule has 1 aliphatic heterocycles. The van der Waals surface area contributed by atoms with Gasteiger partial charge in [-0.3, -0.25) is 0 Å². The summed E-state index contributed by atoms with van der Waals surface area (Å²) < 4.78 is 5.86. The standard InChI is InChI=1S/C22H26N4O/c1-15-8-10-18(11-9-15)12-23-21-19-6-4-5-7-20(19)24-22(25-21)26-13-16(2)27-17(3)14-26/h4-11,16-17H,12-14H2,1-3H3,(H,23,24,25). The number of hydrogen-bond donors (Lipinski definition) is 1. The minimum Gasteiger partial charge on any atom is -0.372 e. The molecule has 4 rings (SSSR count). The molecule has 2 aromatic carbocycles. The van der Waals surface area contributed by atoms with Gasteiger partial charge >= 0.3 is 0 Å². The maximum atomic E-state index is 5.86. The summed E-state index contributed by atoms with van der Waals surface area (Å²) in [6.45, 7) is 8.64. The van der Waals surface area contributed by atoms with Crippen LogP contribution in [0.5, 0.6) is 0 Å². The van der Waals surface area contributed by atoms with E-state index in [1.165, 1.54) is 11.1 Å². The molecule has 1 saturated heterocycles. The quantitative estimate of drug-likeness (QED) is 0.755. The molecule has 0 radical (unpaired) electrons. The van der Waals surface area contributed by atoms with Crippen molar-refractivity contribution < 1.29 is 4.74 Å². The lowest BCUT2D eigenvalue weighted by Crippen LogP contribution is -2.46. The average molecular weight is 362 g/mol. The van der Waals surface area contributed by atoms with E-state index in [-0.39, 0.29) is 12.2 Å². The molecule has 0 aliphatic carbocycles. The van der Waals surface area contributed by atoms with Crippen LogP contribution in [-0.4, -0.2) is 35.3 Å². The first-order chi connectivity index (χ1) is 13.1. The fourth-order valence-electron chi connectivity index (χ4n) is 3.57. The summed E-state index contributed by atoms with van der Waals surface area (Å²) in [6, 6.07) is 16.7. The summed E-state index contributed by atoms with van der Waals surface area (Å²) in [4.78, 5) is 11.9. The number of nitrogens with zero attached hydrogens (tertiary/aromatic N) is 3. The SMILES string of the molecule is Cc1ccc(CNc2nc(N3CC(C)OC(C)C3)nc3ccccc23)cc1. The zero-order valence-corrected chi connectivity index (χ0v) is 16.1. The number of fused-ring (bicyclic) bond motifs is 1. The largest absolute Gasteiger partial charge is 0.372 e. The molecule has 1 aromatic heterocycles. The monoisotopic (exact) mass is 362 g/mol. The first kappa shape index (κ1) is 17.7. The molecule has 0 amide bonds. The third kappa shape index (κ3) is 4.03. The van der Waals surface area contributed by atoms with Gasteiger partial charge in [0, 0.05) is 25.0 Å². The van der Waals surface area contributed by atoms with E-state index >= 15 is 0 Å². The van der Waals surface area contributed by atoms with Gasteiger partial charge in [-0.2, -0.15) is 4.98 Å². The second-order valence-corrected chi connectivity index (χ2v) is 7.39. The van der Waals surface area contributed by atoms with Crippen LogP contribution in [0, 0.1) is 6.92 Å². The van der Waals surface area contributed by atoms with E-state index in [1.54, 1.807) is 0 Å². The molecule has 0 bridgehead atoms. The van der Waals surface area contributed by atoms with E-state index in [0.717, 1.165) is 42.3 Å². The lowest BCUT2D eigenvalue weighted by Gasteiger charge is -2.35. The number of aromatic nitrogens is 2. The Bertz CT molecular complexity index is 915. The van der Waals surface area contributed by atoms with E-state index in [4.69, 9.17) is 14.7 Å². The third-order valence-corrected chi connectivity index (χ3v) is 4.87. The second kappa shape index (κ2) is 7.53. The Labute approximate surface area is 160 Å². The number of rotatable bonds is 4. The fraction of sp³-hybridized carbons (Fsp3) is 0.364. The number of nitrogens with one attached hydrogen (secondary N) is 1. The number of benzene rings is 2. The van der Waals surface area contributed by atoms with Crippen molar-refractivity contribution in [2.45, 2.75) is 39.5 Å². The van der Waals surface area contributed by atoms with Crippen molar-refractivity contribution in [3.05, 3.63) is 59.7 Å². The Morgan fingerprint density at radius 1 is 1.00 bits per heavy atom. The van der Waals surface area contributed by atoms with Crippen molar-refractivity contribution in [2.75, 3.05) is 23.3 Å². The molecular weight excluding hydrogens is 336 g/mol. The van der Waals surface area contributed by atoms with Gasteiger partial charge < -0.3 is 15.0 Å². The van der Waals surface area contributed by atoms with Gasteiger partial charge in [-0.1, -0.05) is 42.0 Å². The zero-order valence-electron chi connectivity index (χ0n) is 16.1. The highest BCUT2D eigenvalue weighted by molar-refractivity contribution is 5.90. The zero-order chi connectivity index (χ0) is 18.8. The number of hydrogen-bond acceptors (Lipinski definition) is 5. The van der Waals surface area contributed by atoms with Crippen molar-refractivity contribution in [1.82, 2.24) is 9.97 Å². The summed E-state index contributed by atoms with van der Waals surface area (Å²) in [6.07, 6.45) is 0.348. The average Bonchev–Trinajstić information content (AvgIpc) is 2.66. The molecule has 3 aromatic rings. The van der Waals surface area contributed by atoms with Crippen LogP contribution in [0.2, 0.25) is 0 Å². The van der Waals surface area contributed by atoms with Crippen molar-refractivity contribution in [2.24, 2.45) is 0 Å². The minimum atomic E-state index is 0.174. The highest BCUT2D eigenvalue weighted by atomic mass is 16.5. The maximum Gasteiger partial charge on any atom is 0.228 e. The van der Waals surface area contributed by atoms with Crippen LogP contribution in [-0.2, 0) is 11.3 Å². The highest BCUT2D eigenvalue weighted by Crippen LogP contribution is 2.25. The molecule has 0 spiro atoms. The smallest absolute Gasteiger partial charge is 0.228 e. The van der Waals surface area contributed by atoms with E-state index < -0.39 is 0 Å². The lowest BCUT2D eigenvalue weighted by atomic mass is 10.1. The molecule has 140 valence electrons. The maximum absolute atomic E-state index is 5.86. The van der Waals surface area contributed by atoms with Crippen LogP contribution >= 0.6 is 0 Å². The molecule has 5 heteroatoms.